The van der Waals surface area contributed by atoms with Gasteiger partial charge in [-0.25, -0.2) is 9.37 Å². The van der Waals surface area contributed by atoms with Gasteiger partial charge in [0, 0.05) is 23.2 Å². The quantitative estimate of drug-likeness (QED) is 0.415. The van der Waals surface area contributed by atoms with Crippen LogP contribution in [0.5, 0.6) is 0 Å². The van der Waals surface area contributed by atoms with Crippen LogP contribution >= 0.6 is 11.3 Å². The van der Waals surface area contributed by atoms with Gasteiger partial charge < -0.3 is 10.2 Å². The largest absolute Gasteiger partial charge is 0.416 e. The Kier molecular flexibility index (Phi) is 6.82. The number of amides is 1. The lowest BCUT2D eigenvalue weighted by molar-refractivity contribution is -0.137. The molecule has 0 radical (unpaired) electrons. The lowest BCUT2D eigenvalue weighted by Gasteiger charge is -2.25. The Morgan fingerprint density at radius 3 is 2.56 bits per heavy atom. The molecule has 6 nitrogen and oxygen atoms in total. The van der Waals surface area contributed by atoms with Crippen LogP contribution in [0.25, 0.3) is 11.3 Å². The number of alkyl halides is 3. The second kappa shape index (κ2) is 9.65. The third-order valence-electron chi connectivity index (χ3n) is 5.24. The van der Waals surface area contributed by atoms with Gasteiger partial charge in [0.1, 0.15) is 16.9 Å². The lowest BCUT2D eigenvalue weighted by Crippen LogP contribution is -2.46. The monoisotopic (exact) mass is 511 g/mol. The Hall–Kier alpha value is -3.09. The van der Waals surface area contributed by atoms with E-state index in [9.17, 15) is 30.8 Å². The summed E-state index contributed by atoms with van der Waals surface area (Å²) < 4.78 is 75.4. The molecule has 1 aliphatic rings. The minimum absolute atomic E-state index is 0.0241. The number of rotatable bonds is 5. The van der Waals surface area contributed by atoms with Crippen LogP contribution in [0.2, 0.25) is 0 Å². The number of benzene rings is 2. The summed E-state index contributed by atoms with van der Waals surface area (Å²) in [5.74, 6) is -1.15. The summed E-state index contributed by atoms with van der Waals surface area (Å²) in [4.78, 5) is 19.0. The highest BCUT2D eigenvalue weighted by molar-refractivity contribution is 7.73. The summed E-state index contributed by atoms with van der Waals surface area (Å²) in [6.07, 6.45) is -4.26. The third-order valence-corrected chi connectivity index (χ3v) is 6.94. The Morgan fingerprint density at radius 2 is 1.91 bits per heavy atom. The van der Waals surface area contributed by atoms with Gasteiger partial charge in [0.2, 0.25) is 16.2 Å². The maximum Gasteiger partial charge on any atom is 0.416 e. The summed E-state index contributed by atoms with van der Waals surface area (Å²) in [6.45, 7) is 0.233. The summed E-state index contributed by atoms with van der Waals surface area (Å²) in [6, 6.07) is 8.80. The van der Waals surface area contributed by atoms with Gasteiger partial charge in [0.05, 0.1) is 22.7 Å². The molecule has 4 rings (SSSR count). The molecule has 0 spiro atoms. The van der Waals surface area contributed by atoms with Gasteiger partial charge in [0.25, 0.3) is 0 Å². The highest BCUT2D eigenvalue weighted by atomic mass is 32.2. The van der Waals surface area contributed by atoms with E-state index in [2.05, 4.69) is 10.3 Å². The first kappa shape index (κ1) is 24.0. The van der Waals surface area contributed by atoms with Gasteiger partial charge >= 0.3 is 6.18 Å². The van der Waals surface area contributed by atoms with Crippen molar-refractivity contribution in [2.45, 2.75) is 25.2 Å². The molecule has 0 aliphatic carbocycles. The van der Waals surface area contributed by atoms with E-state index >= 15 is 0 Å². The van der Waals surface area contributed by atoms with Crippen molar-refractivity contribution in [3.05, 3.63) is 70.3 Å². The van der Waals surface area contributed by atoms with Crippen molar-refractivity contribution in [1.82, 2.24) is 10.3 Å². The van der Waals surface area contributed by atoms with Crippen molar-refractivity contribution in [3.8, 4) is 11.3 Å². The van der Waals surface area contributed by atoms with Gasteiger partial charge in [-0.15, -0.1) is 11.3 Å². The van der Waals surface area contributed by atoms with E-state index in [1.165, 1.54) is 46.6 Å². The first-order valence-corrected chi connectivity index (χ1v) is 12.0. The fraction of sp³-hybridized carbons (Fsp3) is 0.227. The molecule has 1 fully saturated rings. The summed E-state index contributed by atoms with van der Waals surface area (Å²) >= 11 is 1.18. The van der Waals surface area contributed by atoms with E-state index < -0.39 is 39.8 Å². The Morgan fingerprint density at radius 1 is 1.18 bits per heavy atom. The van der Waals surface area contributed by atoms with Crippen LogP contribution in [0.15, 0.2) is 53.9 Å². The predicted octanol–water partition coefficient (Wildman–Crippen LogP) is 3.91. The van der Waals surface area contributed by atoms with Crippen LogP contribution in [0.4, 0.5) is 23.2 Å². The highest BCUT2D eigenvalue weighted by Gasteiger charge is 2.34. The molecule has 2 heterocycles. The van der Waals surface area contributed by atoms with Gasteiger partial charge in [-0.2, -0.15) is 21.6 Å². The van der Waals surface area contributed by atoms with Crippen molar-refractivity contribution in [2.24, 2.45) is 0 Å². The molecule has 0 bridgehead atoms. The standard InChI is InChI=1S/C22H17F4N3O3S2/c23-15-2-1-3-16(10-15)29(21(30)20-18(34(31)32)8-9-27-20)11-19-28-17(12-33-19)13-4-6-14(7-5-13)22(24,25)26/h1-7,10,12,20,27H,8-9,11H2/t20-/m1/s1. The molecule has 1 N–H and O–H groups in total. The second-order valence-corrected chi connectivity index (χ2v) is 9.38. The zero-order valence-electron chi connectivity index (χ0n) is 17.3. The van der Waals surface area contributed by atoms with Gasteiger partial charge in [0.15, 0.2) is 0 Å². The highest BCUT2D eigenvalue weighted by Crippen LogP contribution is 2.31. The predicted molar refractivity (Wildman–Crippen MR) is 120 cm³/mol. The van der Waals surface area contributed by atoms with Crippen LogP contribution in [-0.2, 0) is 27.8 Å². The molecule has 3 aromatic rings. The van der Waals surface area contributed by atoms with Crippen molar-refractivity contribution >= 4 is 38.1 Å². The molecule has 1 saturated heterocycles. The molecule has 34 heavy (non-hydrogen) atoms. The second-order valence-electron chi connectivity index (χ2n) is 7.44. The number of halogens is 4. The third kappa shape index (κ3) is 5.18. The van der Waals surface area contributed by atoms with Crippen LogP contribution < -0.4 is 10.2 Å². The molecular weight excluding hydrogens is 494 g/mol. The number of nitrogens with zero attached hydrogens (tertiary/aromatic N) is 2. The van der Waals surface area contributed by atoms with Crippen LogP contribution in [-0.4, -0.2) is 36.8 Å². The summed E-state index contributed by atoms with van der Waals surface area (Å²) in [5, 5.41) is 4.95. The van der Waals surface area contributed by atoms with Crippen LogP contribution in [0.1, 0.15) is 17.0 Å². The average Bonchev–Trinajstić information content (AvgIpc) is 3.46. The lowest BCUT2D eigenvalue weighted by atomic mass is 10.1. The van der Waals surface area contributed by atoms with Gasteiger partial charge in [-0.3, -0.25) is 4.79 Å². The minimum atomic E-state index is -4.45. The SMILES string of the molecule is O=C([C@@H]1NCCC1=S(=O)=O)N(Cc1nc(-c2ccc(C(F)(F)F)cc2)cs1)c1cccc(F)c1. The number of hydrogen-bond donors (Lipinski definition) is 1. The summed E-state index contributed by atoms with van der Waals surface area (Å²) in [5.41, 5.74) is 0.337. The van der Waals surface area contributed by atoms with E-state index in [0.29, 0.717) is 22.8 Å². The molecular formula is C22H17F4N3O3S2. The molecule has 0 unspecified atom stereocenters. The van der Waals surface area contributed by atoms with Gasteiger partial charge in [-0.05, 0) is 36.8 Å². The number of thiazole rings is 1. The topological polar surface area (TPSA) is 79.4 Å². The summed E-state index contributed by atoms with van der Waals surface area (Å²) in [7, 11) is -2.56. The first-order chi connectivity index (χ1) is 16.1. The maximum atomic E-state index is 13.9. The number of nitrogens with one attached hydrogen (secondary N) is 1. The number of carbonyl (C=O) groups is 1. The van der Waals surface area contributed by atoms with Crippen molar-refractivity contribution in [1.29, 1.82) is 0 Å². The normalized spacial score (nSPS) is 16.0. The Balaban J connectivity index is 1.63. The molecule has 0 saturated carbocycles. The van der Waals surface area contributed by atoms with Crippen molar-refractivity contribution < 1.29 is 30.8 Å². The number of aromatic nitrogens is 1. The fourth-order valence-electron chi connectivity index (χ4n) is 3.58. The van der Waals surface area contributed by atoms with E-state index in [4.69, 9.17) is 0 Å². The van der Waals surface area contributed by atoms with E-state index in [1.807, 2.05) is 0 Å². The van der Waals surface area contributed by atoms with Gasteiger partial charge in [-0.1, -0.05) is 18.2 Å². The van der Waals surface area contributed by atoms with E-state index in [-0.39, 0.29) is 23.5 Å². The van der Waals surface area contributed by atoms with Crippen LogP contribution in [0.3, 0.4) is 0 Å². The minimum Gasteiger partial charge on any atom is -0.304 e. The Labute approximate surface area is 197 Å². The molecule has 178 valence electrons. The van der Waals surface area contributed by atoms with Crippen LogP contribution in [0, 0.1) is 5.82 Å². The number of anilines is 1. The number of hydrogen-bond acceptors (Lipinski definition) is 6. The average molecular weight is 512 g/mol. The Bertz CT molecular complexity index is 1340. The molecule has 12 heteroatoms. The molecule has 1 amide bonds. The zero-order valence-corrected chi connectivity index (χ0v) is 19.0. The van der Waals surface area contributed by atoms with Crippen molar-refractivity contribution in [2.75, 3.05) is 11.4 Å². The smallest absolute Gasteiger partial charge is 0.304 e. The number of carbonyl (C=O) groups excluding carboxylic acids is 1. The van der Waals surface area contributed by atoms with E-state index in [1.54, 1.807) is 5.38 Å². The molecule has 1 atom stereocenters. The maximum absolute atomic E-state index is 13.9. The van der Waals surface area contributed by atoms with Crippen molar-refractivity contribution in [3.63, 3.8) is 0 Å². The molecule has 1 aliphatic heterocycles. The molecule has 1 aromatic heterocycles. The first-order valence-electron chi connectivity index (χ1n) is 10.0. The molecule has 2 aromatic carbocycles. The fourth-order valence-corrected chi connectivity index (χ4v) is 5.02. The van der Waals surface area contributed by atoms with E-state index in [0.717, 1.165) is 18.2 Å². The zero-order chi connectivity index (χ0) is 24.5.